The molecule has 8 heteroatoms. The highest BCUT2D eigenvalue weighted by molar-refractivity contribution is 14.0. The summed E-state index contributed by atoms with van der Waals surface area (Å²) in [5.41, 5.74) is 1.72. The summed E-state index contributed by atoms with van der Waals surface area (Å²) in [7, 11) is 1.64. The van der Waals surface area contributed by atoms with Gasteiger partial charge in [0.2, 0.25) is 5.89 Å². The maximum atomic E-state index is 5.95. The number of methoxy groups -OCH3 is 1. The van der Waals surface area contributed by atoms with Crippen LogP contribution in [0.2, 0.25) is 0 Å². The first kappa shape index (κ1) is 24.5. The molecule has 1 aromatic heterocycles. The minimum absolute atomic E-state index is 0. The highest BCUT2D eigenvalue weighted by Crippen LogP contribution is 2.20. The largest absolute Gasteiger partial charge is 0.497 e. The van der Waals surface area contributed by atoms with Gasteiger partial charge in [0.05, 0.1) is 20.2 Å². The zero-order valence-electron chi connectivity index (χ0n) is 18.0. The number of hydrogen-bond donors (Lipinski definition) is 2. The van der Waals surface area contributed by atoms with E-state index >= 15 is 0 Å². The van der Waals surface area contributed by atoms with Crippen LogP contribution in [0, 0.1) is 0 Å². The molecule has 2 N–H and O–H groups in total. The van der Waals surface area contributed by atoms with Gasteiger partial charge < -0.3 is 24.5 Å². The molecule has 0 aliphatic heterocycles. The fraction of sp³-hybridized carbons (Fsp3) is 0.304. The molecule has 0 aliphatic rings. The van der Waals surface area contributed by atoms with Crippen LogP contribution >= 0.6 is 24.0 Å². The first-order chi connectivity index (χ1) is 14.7. The molecule has 1 unspecified atom stereocenters. The number of nitrogens with zero attached hydrogens (tertiary/aromatic N) is 2. The lowest BCUT2D eigenvalue weighted by molar-refractivity contribution is 0.223. The topological polar surface area (TPSA) is 80.9 Å². The van der Waals surface area contributed by atoms with Gasteiger partial charge in [-0.1, -0.05) is 24.3 Å². The number of oxazole rings is 1. The molecule has 0 saturated carbocycles. The molecule has 2 aromatic carbocycles. The van der Waals surface area contributed by atoms with Crippen LogP contribution < -0.4 is 20.1 Å². The summed E-state index contributed by atoms with van der Waals surface area (Å²) in [4.78, 5) is 9.11. The van der Waals surface area contributed by atoms with Gasteiger partial charge in [0.1, 0.15) is 29.6 Å². The van der Waals surface area contributed by atoms with Gasteiger partial charge in [-0.25, -0.2) is 9.98 Å². The third kappa shape index (κ3) is 7.78. The zero-order valence-corrected chi connectivity index (χ0v) is 20.3. The van der Waals surface area contributed by atoms with Gasteiger partial charge in [-0.15, -0.1) is 24.0 Å². The number of guanidine groups is 1. The SMILES string of the molecule is CCNC(=NCc1coc(-c2ccccc2)n1)NCC(C)Oc1cccc(OC)c1.I. The van der Waals surface area contributed by atoms with E-state index in [1.165, 1.54) is 0 Å². The molecule has 1 atom stereocenters. The molecule has 0 radical (unpaired) electrons. The van der Waals surface area contributed by atoms with E-state index in [0.717, 1.165) is 29.3 Å². The molecule has 3 rings (SSSR count). The molecular formula is C23H29IN4O3. The number of benzene rings is 2. The van der Waals surface area contributed by atoms with Crippen LogP contribution in [0.5, 0.6) is 11.5 Å². The molecule has 0 saturated heterocycles. The quantitative estimate of drug-likeness (QED) is 0.238. The van der Waals surface area contributed by atoms with E-state index in [4.69, 9.17) is 13.9 Å². The molecule has 0 amide bonds. The summed E-state index contributed by atoms with van der Waals surface area (Å²) in [6, 6.07) is 17.4. The van der Waals surface area contributed by atoms with Crippen molar-refractivity contribution in [2.45, 2.75) is 26.5 Å². The van der Waals surface area contributed by atoms with Crippen molar-refractivity contribution in [3.8, 4) is 23.0 Å². The van der Waals surface area contributed by atoms with Crippen molar-refractivity contribution in [1.29, 1.82) is 0 Å². The lowest BCUT2D eigenvalue weighted by Gasteiger charge is -2.18. The van der Waals surface area contributed by atoms with E-state index in [9.17, 15) is 0 Å². The number of aromatic nitrogens is 1. The van der Waals surface area contributed by atoms with Gasteiger partial charge in [0.15, 0.2) is 5.96 Å². The Morgan fingerprint density at radius 3 is 2.61 bits per heavy atom. The number of hydrogen-bond acceptors (Lipinski definition) is 5. The van der Waals surface area contributed by atoms with E-state index < -0.39 is 0 Å². The Kier molecular flexibility index (Phi) is 10.2. The Balaban J connectivity index is 0.00000341. The highest BCUT2D eigenvalue weighted by atomic mass is 127. The fourth-order valence-electron chi connectivity index (χ4n) is 2.78. The molecule has 3 aromatic rings. The van der Waals surface area contributed by atoms with Crippen molar-refractivity contribution in [3.05, 3.63) is 66.6 Å². The van der Waals surface area contributed by atoms with Gasteiger partial charge >= 0.3 is 0 Å². The van der Waals surface area contributed by atoms with Crippen LogP contribution in [0.25, 0.3) is 11.5 Å². The number of nitrogens with one attached hydrogen (secondary N) is 2. The van der Waals surface area contributed by atoms with E-state index in [0.29, 0.717) is 24.9 Å². The van der Waals surface area contributed by atoms with E-state index in [2.05, 4.69) is 20.6 Å². The van der Waals surface area contributed by atoms with Crippen LogP contribution in [0.4, 0.5) is 0 Å². The molecule has 31 heavy (non-hydrogen) atoms. The maximum Gasteiger partial charge on any atom is 0.226 e. The Bertz CT molecular complexity index is 947. The third-order valence-corrected chi connectivity index (χ3v) is 4.25. The van der Waals surface area contributed by atoms with Crippen molar-refractivity contribution in [1.82, 2.24) is 15.6 Å². The Labute approximate surface area is 200 Å². The molecule has 0 bridgehead atoms. The molecule has 0 spiro atoms. The highest BCUT2D eigenvalue weighted by Gasteiger charge is 2.08. The molecule has 0 aliphatic carbocycles. The molecule has 0 fully saturated rings. The van der Waals surface area contributed by atoms with Crippen LogP contribution in [0.3, 0.4) is 0 Å². The van der Waals surface area contributed by atoms with Gasteiger partial charge in [0.25, 0.3) is 0 Å². The van der Waals surface area contributed by atoms with Crippen LogP contribution in [-0.4, -0.2) is 37.2 Å². The predicted molar refractivity (Wildman–Crippen MR) is 133 cm³/mol. The Morgan fingerprint density at radius 2 is 1.87 bits per heavy atom. The summed E-state index contributed by atoms with van der Waals surface area (Å²) in [6.07, 6.45) is 1.59. The Morgan fingerprint density at radius 1 is 1.10 bits per heavy atom. The zero-order chi connectivity index (χ0) is 21.2. The lowest BCUT2D eigenvalue weighted by Crippen LogP contribution is -2.41. The fourth-order valence-corrected chi connectivity index (χ4v) is 2.78. The standard InChI is InChI=1S/C23H28N4O3.HI/c1-4-24-23(25-14-17(2)30-21-12-8-11-20(13-21)28-3)26-15-19-16-29-22(27-19)18-9-6-5-7-10-18;/h5-13,16-17H,4,14-15H2,1-3H3,(H2,24,25,26);1H. The minimum Gasteiger partial charge on any atom is -0.497 e. The minimum atomic E-state index is -0.0577. The first-order valence-corrected chi connectivity index (χ1v) is 10.0. The second-order valence-corrected chi connectivity index (χ2v) is 6.69. The number of aliphatic imine (C=N–C) groups is 1. The first-order valence-electron chi connectivity index (χ1n) is 10.0. The van der Waals surface area contributed by atoms with Crippen LogP contribution in [0.1, 0.15) is 19.5 Å². The molecule has 1 heterocycles. The smallest absolute Gasteiger partial charge is 0.226 e. The maximum absolute atomic E-state index is 5.95. The van der Waals surface area contributed by atoms with Gasteiger partial charge in [-0.3, -0.25) is 0 Å². The molecule has 166 valence electrons. The summed E-state index contributed by atoms with van der Waals surface area (Å²) in [5.74, 6) is 2.83. The van der Waals surface area contributed by atoms with Crippen LogP contribution in [0.15, 0.2) is 70.3 Å². The van der Waals surface area contributed by atoms with Crippen molar-refractivity contribution in [2.24, 2.45) is 4.99 Å². The average molecular weight is 536 g/mol. The Hall–Kier alpha value is -2.75. The summed E-state index contributed by atoms with van der Waals surface area (Å²) < 4.78 is 16.8. The molecular weight excluding hydrogens is 507 g/mol. The van der Waals surface area contributed by atoms with E-state index in [1.54, 1.807) is 13.4 Å². The van der Waals surface area contributed by atoms with Gasteiger partial charge in [-0.2, -0.15) is 0 Å². The number of rotatable bonds is 9. The summed E-state index contributed by atoms with van der Waals surface area (Å²) >= 11 is 0. The van der Waals surface area contributed by atoms with E-state index in [-0.39, 0.29) is 30.1 Å². The summed E-state index contributed by atoms with van der Waals surface area (Å²) in [6.45, 7) is 5.79. The van der Waals surface area contributed by atoms with Crippen molar-refractivity contribution < 1.29 is 13.9 Å². The number of halogens is 1. The summed E-state index contributed by atoms with van der Waals surface area (Å²) in [5, 5.41) is 6.54. The van der Waals surface area contributed by atoms with Crippen molar-refractivity contribution >= 4 is 29.9 Å². The van der Waals surface area contributed by atoms with Crippen molar-refractivity contribution in [3.63, 3.8) is 0 Å². The second-order valence-electron chi connectivity index (χ2n) is 6.69. The lowest BCUT2D eigenvalue weighted by atomic mass is 10.2. The van der Waals surface area contributed by atoms with Crippen LogP contribution in [-0.2, 0) is 6.54 Å². The van der Waals surface area contributed by atoms with Crippen molar-refractivity contribution in [2.75, 3.05) is 20.2 Å². The predicted octanol–water partition coefficient (Wildman–Crippen LogP) is 4.49. The van der Waals surface area contributed by atoms with Gasteiger partial charge in [0, 0.05) is 18.2 Å². The van der Waals surface area contributed by atoms with Gasteiger partial charge in [-0.05, 0) is 38.1 Å². The molecule has 7 nitrogen and oxygen atoms in total. The van der Waals surface area contributed by atoms with E-state index in [1.807, 2.05) is 68.4 Å². The average Bonchev–Trinajstić information content (AvgIpc) is 3.25. The second kappa shape index (κ2) is 12.8. The monoisotopic (exact) mass is 536 g/mol. The normalized spacial score (nSPS) is 11.9. The number of ether oxygens (including phenoxy) is 2. The third-order valence-electron chi connectivity index (χ3n) is 4.25.